The molecule has 1 fully saturated rings. The van der Waals surface area contributed by atoms with Crippen molar-refractivity contribution in [2.75, 3.05) is 46.9 Å². The lowest BCUT2D eigenvalue weighted by molar-refractivity contribution is 0.0803. The van der Waals surface area contributed by atoms with Gasteiger partial charge in [-0.1, -0.05) is 0 Å². The van der Waals surface area contributed by atoms with Crippen molar-refractivity contribution in [1.82, 2.24) is 15.3 Å². The van der Waals surface area contributed by atoms with Gasteiger partial charge in [-0.05, 0) is 20.4 Å². The van der Waals surface area contributed by atoms with Crippen LogP contribution in [0.15, 0.2) is 0 Å². The summed E-state index contributed by atoms with van der Waals surface area (Å²) in [4.78, 5) is 2.36. The van der Waals surface area contributed by atoms with Crippen molar-refractivity contribution >= 4 is 0 Å². The maximum Gasteiger partial charge on any atom is 0.0477 e. The normalized spacial score (nSPS) is 22.5. The summed E-state index contributed by atoms with van der Waals surface area (Å²) >= 11 is 0. The number of hydrogen-bond donors (Lipinski definition) is 1. The summed E-state index contributed by atoms with van der Waals surface area (Å²) in [5.41, 5.74) is 3.50. The first-order chi connectivity index (χ1) is 6.72. The second-order valence-corrected chi connectivity index (χ2v) is 4.10. The van der Waals surface area contributed by atoms with E-state index in [1.54, 1.807) is 7.11 Å². The Morgan fingerprint density at radius 2 is 1.93 bits per heavy atom. The molecule has 1 saturated heterocycles. The molecule has 0 saturated carbocycles. The highest BCUT2D eigenvalue weighted by molar-refractivity contribution is 4.68. The Labute approximate surface area is 87.2 Å². The van der Waals surface area contributed by atoms with Gasteiger partial charge in [0.05, 0.1) is 0 Å². The number of ether oxygens (including phenoxy) is 1. The van der Waals surface area contributed by atoms with Gasteiger partial charge in [-0.15, -0.1) is 0 Å². The Hall–Kier alpha value is -0.160. The maximum atomic E-state index is 5.05. The fourth-order valence-corrected chi connectivity index (χ4v) is 1.61. The number of likely N-dealkylation sites (N-methyl/N-ethyl adjacent to an activating group) is 1. The summed E-state index contributed by atoms with van der Waals surface area (Å²) in [7, 11) is 3.92. The Kier molecular flexibility index (Phi) is 5.40. The van der Waals surface area contributed by atoms with Crippen molar-refractivity contribution in [3.05, 3.63) is 0 Å². The SMILES string of the molecule is COCCC(C)NN1CCN(C)CC1. The summed E-state index contributed by atoms with van der Waals surface area (Å²) in [6.07, 6.45) is 1.07. The number of nitrogens with zero attached hydrogens (tertiary/aromatic N) is 2. The van der Waals surface area contributed by atoms with Gasteiger partial charge in [0.25, 0.3) is 0 Å². The number of hydrogen-bond acceptors (Lipinski definition) is 4. The largest absolute Gasteiger partial charge is 0.385 e. The maximum absolute atomic E-state index is 5.05. The minimum Gasteiger partial charge on any atom is -0.385 e. The van der Waals surface area contributed by atoms with Crippen molar-refractivity contribution in [2.24, 2.45) is 0 Å². The van der Waals surface area contributed by atoms with E-state index >= 15 is 0 Å². The summed E-state index contributed by atoms with van der Waals surface area (Å²) in [6.45, 7) is 7.59. The third-order valence-corrected chi connectivity index (χ3v) is 2.66. The second kappa shape index (κ2) is 6.35. The third-order valence-electron chi connectivity index (χ3n) is 2.66. The quantitative estimate of drug-likeness (QED) is 0.686. The fourth-order valence-electron chi connectivity index (χ4n) is 1.61. The van der Waals surface area contributed by atoms with E-state index < -0.39 is 0 Å². The Morgan fingerprint density at radius 1 is 1.29 bits per heavy atom. The summed E-state index contributed by atoms with van der Waals surface area (Å²) < 4.78 is 5.05. The molecule has 1 aliphatic heterocycles. The molecule has 1 heterocycles. The van der Waals surface area contributed by atoms with Crippen molar-refractivity contribution in [1.29, 1.82) is 0 Å². The van der Waals surface area contributed by atoms with Gasteiger partial charge in [0.2, 0.25) is 0 Å². The van der Waals surface area contributed by atoms with Crippen LogP contribution in [0.5, 0.6) is 0 Å². The van der Waals surface area contributed by atoms with Gasteiger partial charge in [0.1, 0.15) is 0 Å². The van der Waals surface area contributed by atoms with Crippen LogP contribution in [0.2, 0.25) is 0 Å². The van der Waals surface area contributed by atoms with E-state index in [9.17, 15) is 0 Å². The van der Waals surface area contributed by atoms with Crippen molar-refractivity contribution in [3.63, 3.8) is 0 Å². The smallest absolute Gasteiger partial charge is 0.0477 e. The zero-order valence-electron chi connectivity index (χ0n) is 9.62. The highest BCUT2D eigenvalue weighted by Gasteiger charge is 2.14. The minimum absolute atomic E-state index is 0.512. The summed E-state index contributed by atoms with van der Waals surface area (Å²) in [5.74, 6) is 0. The molecule has 1 N–H and O–H groups in total. The Bertz CT molecular complexity index is 146. The molecule has 4 heteroatoms. The van der Waals surface area contributed by atoms with Gasteiger partial charge in [-0.2, -0.15) is 0 Å². The van der Waals surface area contributed by atoms with E-state index in [0.29, 0.717) is 6.04 Å². The fraction of sp³-hybridized carbons (Fsp3) is 1.00. The molecular weight excluding hydrogens is 178 g/mol. The average Bonchev–Trinajstić information content (AvgIpc) is 2.18. The Morgan fingerprint density at radius 3 is 2.50 bits per heavy atom. The zero-order valence-corrected chi connectivity index (χ0v) is 9.62. The first kappa shape index (κ1) is 11.9. The van der Waals surface area contributed by atoms with Gasteiger partial charge < -0.3 is 9.64 Å². The number of rotatable bonds is 5. The van der Waals surface area contributed by atoms with Gasteiger partial charge in [-0.3, -0.25) is 5.43 Å². The average molecular weight is 201 g/mol. The van der Waals surface area contributed by atoms with Crippen LogP contribution in [0.25, 0.3) is 0 Å². The summed E-state index contributed by atoms with van der Waals surface area (Å²) in [6, 6.07) is 0.512. The first-order valence-electron chi connectivity index (χ1n) is 5.41. The van der Waals surface area contributed by atoms with Crippen LogP contribution in [0.4, 0.5) is 0 Å². The van der Waals surface area contributed by atoms with Crippen molar-refractivity contribution < 1.29 is 4.74 Å². The van der Waals surface area contributed by atoms with Crippen LogP contribution in [-0.2, 0) is 4.74 Å². The van der Waals surface area contributed by atoms with E-state index in [1.807, 2.05) is 0 Å². The van der Waals surface area contributed by atoms with Crippen LogP contribution in [0.1, 0.15) is 13.3 Å². The molecule has 0 radical (unpaired) electrons. The lowest BCUT2D eigenvalue weighted by Crippen LogP contribution is -2.53. The van der Waals surface area contributed by atoms with Gasteiger partial charge in [0, 0.05) is 45.9 Å². The van der Waals surface area contributed by atoms with Gasteiger partial charge in [0.15, 0.2) is 0 Å². The van der Waals surface area contributed by atoms with Crippen LogP contribution < -0.4 is 5.43 Å². The van der Waals surface area contributed by atoms with E-state index in [4.69, 9.17) is 4.74 Å². The molecule has 14 heavy (non-hydrogen) atoms. The van der Waals surface area contributed by atoms with E-state index in [2.05, 4.69) is 29.3 Å². The van der Waals surface area contributed by atoms with Crippen LogP contribution >= 0.6 is 0 Å². The standard InChI is InChI=1S/C10H23N3O/c1-10(4-9-14-3)11-13-7-5-12(2)6-8-13/h10-11H,4-9H2,1-3H3. The number of piperazine rings is 1. The van der Waals surface area contributed by atoms with Gasteiger partial charge in [-0.25, -0.2) is 5.01 Å². The topological polar surface area (TPSA) is 27.7 Å². The number of nitrogens with one attached hydrogen (secondary N) is 1. The molecule has 0 aromatic carbocycles. The van der Waals surface area contributed by atoms with Crippen LogP contribution in [0, 0.1) is 0 Å². The lowest BCUT2D eigenvalue weighted by Gasteiger charge is -2.34. The predicted octanol–water partition coefficient (Wildman–Crippen LogP) is 0.163. The van der Waals surface area contributed by atoms with E-state index in [1.165, 1.54) is 0 Å². The highest BCUT2D eigenvalue weighted by atomic mass is 16.5. The molecule has 4 nitrogen and oxygen atoms in total. The molecule has 0 aliphatic carbocycles. The van der Waals surface area contributed by atoms with Gasteiger partial charge >= 0.3 is 0 Å². The van der Waals surface area contributed by atoms with E-state index in [0.717, 1.165) is 39.2 Å². The minimum atomic E-state index is 0.512. The second-order valence-electron chi connectivity index (χ2n) is 4.10. The Balaban J connectivity index is 2.10. The predicted molar refractivity (Wildman–Crippen MR) is 58.2 cm³/mol. The van der Waals surface area contributed by atoms with E-state index in [-0.39, 0.29) is 0 Å². The molecule has 1 atom stereocenters. The monoisotopic (exact) mass is 201 g/mol. The molecule has 0 aromatic rings. The highest BCUT2D eigenvalue weighted by Crippen LogP contribution is 1.98. The van der Waals surface area contributed by atoms with Crippen LogP contribution in [-0.4, -0.2) is 62.9 Å². The molecule has 1 rings (SSSR count). The third kappa shape index (κ3) is 4.37. The number of methoxy groups -OCH3 is 1. The van der Waals surface area contributed by atoms with Crippen molar-refractivity contribution in [3.8, 4) is 0 Å². The molecule has 1 aliphatic rings. The lowest BCUT2D eigenvalue weighted by atomic mass is 10.2. The zero-order chi connectivity index (χ0) is 10.4. The molecule has 0 aromatic heterocycles. The molecule has 0 amide bonds. The van der Waals surface area contributed by atoms with Crippen LogP contribution in [0.3, 0.4) is 0 Å². The molecule has 84 valence electrons. The molecule has 0 bridgehead atoms. The summed E-state index contributed by atoms with van der Waals surface area (Å²) in [5, 5.41) is 2.32. The molecule has 0 spiro atoms. The first-order valence-corrected chi connectivity index (χ1v) is 5.41. The van der Waals surface area contributed by atoms with Crippen molar-refractivity contribution in [2.45, 2.75) is 19.4 Å². The number of hydrazine groups is 1. The molecular formula is C10H23N3O. The molecule has 1 unspecified atom stereocenters.